The summed E-state index contributed by atoms with van der Waals surface area (Å²) in [5.74, 6) is -1.54. The Hall–Kier alpha value is -3.68. The molecule has 1 heterocycles. The van der Waals surface area contributed by atoms with Gasteiger partial charge in [-0.2, -0.15) is 0 Å². The molecule has 0 spiro atoms. The van der Waals surface area contributed by atoms with E-state index in [0.717, 1.165) is 10.5 Å². The monoisotopic (exact) mass is 408 g/mol. The Morgan fingerprint density at radius 1 is 1.07 bits per heavy atom. The van der Waals surface area contributed by atoms with Crippen molar-refractivity contribution in [2.75, 3.05) is 18.0 Å². The molecule has 2 aromatic carbocycles. The molecule has 0 saturated carbocycles. The number of aryl methyl sites for hydroxylation is 1. The lowest BCUT2D eigenvalue weighted by Gasteiger charge is -2.26. The summed E-state index contributed by atoms with van der Waals surface area (Å²) in [6.07, 6.45) is -0.0400. The zero-order valence-corrected chi connectivity index (χ0v) is 16.9. The van der Waals surface area contributed by atoms with Gasteiger partial charge in [-0.25, -0.2) is 4.79 Å². The summed E-state index contributed by atoms with van der Waals surface area (Å²) in [5, 5.41) is 2.71. The molecule has 3 rings (SSSR count). The molecule has 0 aliphatic carbocycles. The molecule has 5 amide bonds. The zero-order chi connectivity index (χ0) is 21.9. The minimum atomic E-state index is -1.26. The molecule has 156 valence electrons. The number of para-hydroxylation sites is 1. The van der Waals surface area contributed by atoms with E-state index in [1.807, 2.05) is 19.1 Å². The van der Waals surface area contributed by atoms with Crippen molar-refractivity contribution >= 4 is 29.4 Å². The number of nitrogens with two attached hydrogens (primary N) is 1. The second-order valence-corrected chi connectivity index (χ2v) is 7.36. The molecular formula is C22H24N4O4. The second kappa shape index (κ2) is 8.36. The first-order valence-electron chi connectivity index (χ1n) is 9.58. The van der Waals surface area contributed by atoms with Gasteiger partial charge in [0, 0.05) is 18.7 Å². The molecule has 1 fully saturated rings. The molecule has 1 unspecified atom stereocenters. The number of nitrogens with one attached hydrogen (secondary N) is 1. The van der Waals surface area contributed by atoms with Crippen LogP contribution in [-0.4, -0.2) is 41.7 Å². The average Bonchev–Trinajstić information content (AvgIpc) is 2.93. The lowest BCUT2D eigenvalue weighted by Crippen LogP contribution is -2.45. The van der Waals surface area contributed by atoms with Crippen LogP contribution < -0.4 is 16.0 Å². The average molecular weight is 408 g/mol. The Bertz CT molecular complexity index is 992. The Labute approximate surface area is 174 Å². The maximum atomic E-state index is 13.1. The minimum Gasteiger partial charge on any atom is -0.370 e. The van der Waals surface area contributed by atoms with Crippen molar-refractivity contribution in [2.45, 2.75) is 25.8 Å². The maximum Gasteiger partial charge on any atom is 0.325 e. The van der Waals surface area contributed by atoms with Crippen LogP contribution in [0.1, 0.15) is 24.5 Å². The number of carbonyl (C=O) groups is 4. The number of imide groups is 1. The van der Waals surface area contributed by atoms with Crippen LogP contribution in [-0.2, 0) is 19.9 Å². The van der Waals surface area contributed by atoms with Crippen molar-refractivity contribution < 1.29 is 19.2 Å². The van der Waals surface area contributed by atoms with Gasteiger partial charge in [0.2, 0.25) is 11.8 Å². The fourth-order valence-electron chi connectivity index (χ4n) is 3.61. The number of amides is 5. The number of rotatable bonds is 7. The van der Waals surface area contributed by atoms with Crippen LogP contribution in [0.2, 0.25) is 0 Å². The fraction of sp³-hybridized carbons (Fsp3) is 0.273. The molecule has 0 bridgehead atoms. The van der Waals surface area contributed by atoms with E-state index in [1.165, 1.54) is 4.90 Å². The number of benzene rings is 2. The standard InChI is InChI=1S/C22H24N4O4/c1-15-8-6-7-11-17(15)22(2)20(29)26(21(30)24-22)14-19(28)25(13-12-18(23)27)16-9-4-3-5-10-16/h3-11H,12-14H2,1-2H3,(H2,23,27)(H,24,30). The lowest BCUT2D eigenvalue weighted by molar-refractivity contribution is -0.134. The predicted octanol–water partition coefficient (Wildman–Crippen LogP) is 1.67. The molecule has 8 heteroatoms. The van der Waals surface area contributed by atoms with Crippen LogP contribution in [0.3, 0.4) is 0 Å². The molecule has 30 heavy (non-hydrogen) atoms. The zero-order valence-electron chi connectivity index (χ0n) is 16.9. The molecule has 1 aliphatic rings. The highest BCUT2D eigenvalue weighted by molar-refractivity contribution is 6.10. The maximum absolute atomic E-state index is 13.1. The summed E-state index contributed by atoms with van der Waals surface area (Å²) in [6.45, 7) is 3.09. The normalized spacial score (nSPS) is 18.3. The van der Waals surface area contributed by atoms with Gasteiger partial charge in [-0.3, -0.25) is 19.3 Å². The highest BCUT2D eigenvalue weighted by Gasteiger charge is 2.50. The molecule has 0 radical (unpaired) electrons. The van der Waals surface area contributed by atoms with Crippen LogP contribution >= 0.6 is 0 Å². The second-order valence-electron chi connectivity index (χ2n) is 7.36. The van der Waals surface area contributed by atoms with E-state index in [4.69, 9.17) is 5.73 Å². The number of urea groups is 1. The van der Waals surface area contributed by atoms with Gasteiger partial charge in [0.05, 0.1) is 0 Å². The molecule has 0 aromatic heterocycles. The summed E-state index contributed by atoms with van der Waals surface area (Å²) in [7, 11) is 0. The first kappa shape index (κ1) is 21.0. The van der Waals surface area contributed by atoms with E-state index in [2.05, 4.69) is 5.32 Å². The summed E-state index contributed by atoms with van der Waals surface area (Å²) >= 11 is 0. The van der Waals surface area contributed by atoms with E-state index < -0.39 is 35.8 Å². The molecule has 3 N–H and O–H groups in total. The summed E-state index contributed by atoms with van der Waals surface area (Å²) in [4.78, 5) is 52.3. The summed E-state index contributed by atoms with van der Waals surface area (Å²) in [6, 6.07) is 15.4. The number of hydrogen-bond donors (Lipinski definition) is 2. The lowest BCUT2D eigenvalue weighted by atomic mass is 9.88. The van der Waals surface area contributed by atoms with Crippen LogP contribution in [0.5, 0.6) is 0 Å². The van der Waals surface area contributed by atoms with Gasteiger partial charge in [0.15, 0.2) is 0 Å². The van der Waals surface area contributed by atoms with Gasteiger partial charge in [-0.05, 0) is 37.1 Å². The molecule has 8 nitrogen and oxygen atoms in total. The smallest absolute Gasteiger partial charge is 0.325 e. The van der Waals surface area contributed by atoms with Crippen molar-refractivity contribution in [3.05, 3.63) is 65.7 Å². The first-order valence-corrected chi connectivity index (χ1v) is 9.58. The molecule has 2 aromatic rings. The number of primary amides is 1. The van der Waals surface area contributed by atoms with Gasteiger partial charge in [-0.15, -0.1) is 0 Å². The van der Waals surface area contributed by atoms with E-state index in [9.17, 15) is 19.2 Å². The SMILES string of the molecule is Cc1ccccc1C1(C)NC(=O)N(CC(=O)N(CCC(N)=O)c2ccccc2)C1=O. The third-order valence-corrected chi connectivity index (χ3v) is 5.20. The number of hydrogen-bond acceptors (Lipinski definition) is 4. The van der Waals surface area contributed by atoms with Gasteiger partial charge in [0.1, 0.15) is 12.1 Å². The van der Waals surface area contributed by atoms with Crippen LogP contribution in [0.25, 0.3) is 0 Å². The van der Waals surface area contributed by atoms with Crippen LogP contribution in [0.15, 0.2) is 54.6 Å². The largest absolute Gasteiger partial charge is 0.370 e. The van der Waals surface area contributed by atoms with Crippen molar-refractivity contribution in [1.29, 1.82) is 0 Å². The molecule has 1 saturated heterocycles. The van der Waals surface area contributed by atoms with E-state index in [1.54, 1.807) is 49.4 Å². The van der Waals surface area contributed by atoms with E-state index in [-0.39, 0.29) is 13.0 Å². The fourth-order valence-corrected chi connectivity index (χ4v) is 3.61. The van der Waals surface area contributed by atoms with Crippen molar-refractivity contribution in [2.24, 2.45) is 5.73 Å². The quantitative estimate of drug-likeness (QED) is 0.679. The van der Waals surface area contributed by atoms with E-state index >= 15 is 0 Å². The van der Waals surface area contributed by atoms with Crippen molar-refractivity contribution in [3.8, 4) is 0 Å². The first-order chi connectivity index (χ1) is 14.2. The van der Waals surface area contributed by atoms with Crippen LogP contribution in [0.4, 0.5) is 10.5 Å². The topological polar surface area (TPSA) is 113 Å². The van der Waals surface area contributed by atoms with Crippen LogP contribution in [0, 0.1) is 6.92 Å². The highest BCUT2D eigenvalue weighted by Crippen LogP contribution is 2.31. The predicted molar refractivity (Wildman–Crippen MR) is 111 cm³/mol. The number of nitrogens with zero attached hydrogens (tertiary/aromatic N) is 2. The Morgan fingerprint density at radius 3 is 2.33 bits per heavy atom. The highest BCUT2D eigenvalue weighted by atomic mass is 16.2. The number of carbonyl (C=O) groups excluding carboxylic acids is 4. The molecular weight excluding hydrogens is 384 g/mol. The van der Waals surface area contributed by atoms with Gasteiger partial charge < -0.3 is 16.0 Å². The molecule has 1 atom stereocenters. The Morgan fingerprint density at radius 2 is 1.70 bits per heavy atom. The molecule has 1 aliphatic heterocycles. The Balaban J connectivity index is 1.84. The van der Waals surface area contributed by atoms with Gasteiger partial charge >= 0.3 is 6.03 Å². The summed E-state index contributed by atoms with van der Waals surface area (Å²) in [5.41, 5.74) is 6.06. The minimum absolute atomic E-state index is 0.0400. The third-order valence-electron chi connectivity index (χ3n) is 5.20. The van der Waals surface area contributed by atoms with Crippen molar-refractivity contribution in [3.63, 3.8) is 0 Å². The van der Waals surface area contributed by atoms with Crippen molar-refractivity contribution in [1.82, 2.24) is 10.2 Å². The van der Waals surface area contributed by atoms with Gasteiger partial charge in [0.25, 0.3) is 5.91 Å². The third kappa shape index (κ3) is 4.03. The number of anilines is 1. The van der Waals surface area contributed by atoms with Gasteiger partial charge in [-0.1, -0.05) is 42.5 Å². The van der Waals surface area contributed by atoms with E-state index in [0.29, 0.717) is 11.3 Å². The Kier molecular flexibility index (Phi) is 5.86. The summed E-state index contributed by atoms with van der Waals surface area (Å²) < 4.78 is 0.